The highest BCUT2D eigenvalue weighted by Crippen LogP contribution is 2.18. The molecule has 114 valence electrons. The van der Waals surface area contributed by atoms with E-state index in [2.05, 4.69) is 10.6 Å². The lowest BCUT2D eigenvalue weighted by molar-refractivity contribution is 0.256. The number of nitrogens with one attached hydrogen (secondary N) is 2. The van der Waals surface area contributed by atoms with Crippen molar-refractivity contribution in [2.24, 2.45) is 0 Å². The molecule has 0 aromatic heterocycles. The minimum atomic E-state index is -0.463. The van der Waals surface area contributed by atoms with Gasteiger partial charge >= 0.3 is 6.03 Å². The third kappa shape index (κ3) is 3.52. The summed E-state index contributed by atoms with van der Waals surface area (Å²) in [6.07, 6.45) is 0. The number of thiocarbonyl (C=S) groups is 1. The molecule has 0 saturated carbocycles. The van der Waals surface area contributed by atoms with Crippen LogP contribution in [0.1, 0.15) is 5.56 Å². The highest BCUT2D eigenvalue weighted by molar-refractivity contribution is 7.80. The van der Waals surface area contributed by atoms with Crippen LogP contribution in [0, 0.1) is 5.82 Å². The van der Waals surface area contributed by atoms with Crippen LogP contribution in [0.25, 0.3) is 10.8 Å². The third-order valence-electron chi connectivity index (χ3n) is 3.36. The first kappa shape index (κ1) is 15.1. The van der Waals surface area contributed by atoms with E-state index in [4.69, 9.17) is 12.2 Å². The summed E-state index contributed by atoms with van der Waals surface area (Å²) in [4.78, 5) is 12.3. The number of hydrogen-bond acceptors (Lipinski definition) is 2. The summed E-state index contributed by atoms with van der Waals surface area (Å²) in [6, 6.07) is 18.6. The summed E-state index contributed by atoms with van der Waals surface area (Å²) in [5.41, 5.74) is 1.27. The Morgan fingerprint density at radius 1 is 0.913 bits per heavy atom. The summed E-state index contributed by atoms with van der Waals surface area (Å²) in [5.74, 6) is -0.359. The van der Waals surface area contributed by atoms with Gasteiger partial charge in [-0.3, -0.25) is 5.32 Å². The molecule has 0 spiro atoms. The molecule has 5 heteroatoms. The zero-order chi connectivity index (χ0) is 16.2. The number of rotatable bonds is 2. The van der Waals surface area contributed by atoms with E-state index in [1.807, 2.05) is 42.5 Å². The van der Waals surface area contributed by atoms with Crippen LogP contribution in [0.15, 0.2) is 66.7 Å². The average Bonchev–Trinajstić information content (AvgIpc) is 2.56. The molecule has 3 aromatic rings. The molecule has 0 saturated heterocycles. The van der Waals surface area contributed by atoms with Crippen LogP contribution in [-0.4, -0.2) is 11.0 Å². The largest absolute Gasteiger partial charge is 0.324 e. The van der Waals surface area contributed by atoms with Crippen molar-refractivity contribution in [1.29, 1.82) is 0 Å². The predicted molar refractivity (Wildman–Crippen MR) is 94.2 cm³/mol. The molecule has 3 rings (SSSR count). The Bertz CT molecular complexity index is 872. The SMILES string of the molecule is O=C(NC(=S)c1cccc2ccccc12)Nc1ccc(F)cc1. The Labute approximate surface area is 138 Å². The van der Waals surface area contributed by atoms with Crippen molar-refractivity contribution < 1.29 is 9.18 Å². The first-order valence-corrected chi connectivity index (χ1v) is 7.40. The van der Waals surface area contributed by atoms with Crippen molar-refractivity contribution in [2.45, 2.75) is 0 Å². The second kappa shape index (κ2) is 6.54. The van der Waals surface area contributed by atoms with Gasteiger partial charge < -0.3 is 5.32 Å². The Kier molecular flexibility index (Phi) is 4.30. The van der Waals surface area contributed by atoms with E-state index in [9.17, 15) is 9.18 Å². The normalized spacial score (nSPS) is 10.3. The molecule has 0 unspecified atom stereocenters. The predicted octanol–water partition coefficient (Wildman–Crippen LogP) is 4.48. The number of halogens is 1. The van der Waals surface area contributed by atoms with Crippen LogP contribution < -0.4 is 10.6 Å². The van der Waals surface area contributed by atoms with Crippen LogP contribution in [0.3, 0.4) is 0 Å². The number of amides is 2. The van der Waals surface area contributed by atoms with E-state index in [-0.39, 0.29) is 5.82 Å². The van der Waals surface area contributed by atoms with Crippen molar-refractivity contribution >= 4 is 39.7 Å². The standard InChI is InChI=1S/C18H13FN2OS/c19-13-8-10-14(11-9-13)20-18(22)21-17(23)16-7-3-5-12-4-1-2-6-15(12)16/h1-11H,(H2,20,21,22,23). The summed E-state index contributed by atoms with van der Waals surface area (Å²) in [6.45, 7) is 0. The van der Waals surface area contributed by atoms with Gasteiger partial charge in [-0.05, 0) is 35.0 Å². The molecule has 0 atom stereocenters. The summed E-state index contributed by atoms with van der Waals surface area (Å²) < 4.78 is 12.9. The van der Waals surface area contributed by atoms with Gasteiger partial charge in [-0.2, -0.15) is 0 Å². The second-order valence-corrected chi connectivity index (χ2v) is 5.35. The quantitative estimate of drug-likeness (QED) is 0.683. The number of fused-ring (bicyclic) bond motifs is 1. The van der Waals surface area contributed by atoms with Crippen molar-refractivity contribution in [3.63, 3.8) is 0 Å². The Morgan fingerprint density at radius 2 is 1.61 bits per heavy atom. The minimum Gasteiger partial charge on any atom is -0.308 e. The van der Waals surface area contributed by atoms with Gasteiger partial charge in [0.2, 0.25) is 0 Å². The molecule has 0 heterocycles. The number of urea groups is 1. The lowest BCUT2D eigenvalue weighted by Gasteiger charge is -2.11. The van der Waals surface area contributed by atoms with Crippen molar-refractivity contribution in [3.8, 4) is 0 Å². The average molecular weight is 324 g/mol. The van der Waals surface area contributed by atoms with Crippen molar-refractivity contribution in [1.82, 2.24) is 5.32 Å². The Morgan fingerprint density at radius 3 is 2.39 bits per heavy atom. The van der Waals surface area contributed by atoms with E-state index in [0.717, 1.165) is 16.3 Å². The van der Waals surface area contributed by atoms with Gasteiger partial charge in [-0.1, -0.05) is 54.7 Å². The van der Waals surface area contributed by atoms with Gasteiger partial charge in [0.15, 0.2) is 0 Å². The van der Waals surface area contributed by atoms with Gasteiger partial charge in [0.05, 0.1) is 0 Å². The number of anilines is 1. The number of carbonyl (C=O) groups excluding carboxylic acids is 1. The summed E-state index contributed by atoms with van der Waals surface area (Å²) in [7, 11) is 0. The topological polar surface area (TPSA) is 41.1 Å². The minimum absolute atomic E-state index is 0.335. The van der Waals surface area contributed by atoms with E-state index in [1.54, 1.807) is 0 Å². The highest BCUT2D eigenvalue weighted by atomic mass is 32.1. The van der Waals surface area contributed by atoms with Crippen molar-refractivity contribution in [3.05, 3.63) is 78.1 Å². The molecule has 2 amide bonds. The molecule has 23 heavy (non-hydrogen) atoms. The van der Waals surface area contributed by atoms with Gasteiger partial charge in [-0.15, -0.1) is 0 Å². The molecule has 0 fully saturated rings. The molecule has 3 nitrogen and oxygen atoms in total. The van der Waals surface area contributed by atoms with Gasteiger partial charge in [0.1, 0.15) is 10.8 Å². The van der Waals surface area contributed by atoms with Gasteiger partial charge in [-0.25, -0.2) is 9.18 Å². The Balaban J connectivity index is 1.75. The molecule has 0 aliphatic rings. The van der Waals surface area contributed by atoms with Gasteiger partial charge in [0.25, 0.3) is 0 Å². The smallest absolute Gasteiger partial charge is 0.308 e. The lowest BCUT2D eigenvalue weighted by Crippen LogP contribution is -2.33. The molecule has 0 radical (unpaired) electrons. The lowest BCUT2D eigenvalue weighted by atomic mass is 10.0. The molecule has 0 aliphatic heterocycles. The molecule has 2 N–H and O–H groups in total. The number of benzene rings is 3. The van der Waals surface area contributed by atoms with Crippen LogP contribution in [0.4, 0.5) is 14.9 Å². The number of carbonyl (C=O) groups is 1. The molecular formula is C18H13FN2OS. The Hall–Kier alpha value is -2.79. The van der Waals surface area contributed by atoms with E-state index in [1.165, 1.54) is 24.3 Å². The van der Waals surface area contributed by atoms with E-state index < -0.39 is 6.03 Å². The van der Waals surface area contributed by atoms with E-state index >= 15 is 0 Å². The second-order valence-electron chi connectivity index (χ2n) is 4.94. The fourth-order valence-corrected chi connectivity index (χ4v) is 2.56. The third-order valence-corrected chi connectivity index (χ3v) is 3.69. The molecule has 3 aromatic carbocycles. The molecule has 0 bridgehead atoms. The highest BCUT2D eigenvalue weighted by Gasteiger charge is 2.09. The number of hydrogen-bond donors (Lipinski definition) is 2. The maximum absolute atomic E-state index is 12.9. The van der Waals surface area contributed by atoms with Crippen LogP contribution in [-0.2, 0) is 0 Å². The summed E-state index contributed by atoms with van der Waals surface area (Å²) >= 11 is 5.33. The zero-order valence-corrected chi connectivity index (χ0v) is 12.9. The van der Waals surface area contributed by atoms with Crippen molar-refractivity contribution in [2.75, 3.05) is 5.32 Å². The fourth-order valence-electron chi connectivity index (χ4n) is 2.29. The molecule has 0 aliphatic carbocycles. The van der Waals surface area contributed by atoms with E-state index in [0.29, 0.717) is 10.7 Å². The maximum Gasteiger partial charge on any atom is 0.324 e. The maximum atomic E-state index is 12.9. The zero-order valence-electron chi connectivity index (χ0n) is 12.0. The summed E-state index contributed by atoms with van der Waals surface area (Å²) in [5, 5.41) is 7.28. The van der Waals surface area contributed by atoms with Gasteiger partial charge in [0, 0.05) is 11.3 Å². The molecular weight excluding hydrogens is 311 g/mol. The van der Waals surface area contributed by atoms with Crippen LogP contribution in [0.5, 0.6) is 0 Å². The monoisotopic (exact) mass is 324 g/mol. The van der Waals surface area contributed by atoms with Crippen LogP contribution >= 0.6 is 12.2 Å². The fraction of sp³-hybridized carbons (Fsp3) is 0. The van der Waals surface area contributed by atoms with Crippen LogP contribution in [0.2, 0.25) is 0 Å². The first-order chi connectivity index (χ1) is 11.1. The first-order valence-electron chi connectivity index (χ1n) is 6.99.